The fourth-order valence-electron chi connectivity index (χ4n) is 1.44. The van der Waals surface area contributed by atoms with Gasteiger partial charge in [-0.3, -0.25) is 4.99 Å². The number of halogens is 3. The molecule has 1 aromatic rings. The molecule has 0 aliphatic rings. The molecule has 0 fully saturated rings. The second kappa shape index (κ2) is 11.2. The first kappa shape index (κ1) is 20.6. The van der Waals surface area contributed by atoms with E-state index in [1.165, 1.54) is 0 Å². The van der Waals surface area contributed by atoms with Gasteiger partial charge in [-0.25, -0.2) is 0 Å². The average Bonchev–Trinajstić information content (AvgIpc) is 2.40. The fourth-order valence-corrected chi connectivity index (χ4v) is 1.90. The summed E-state index contributed by atoms with van der Waals surface area (Å²) >= 11 is 11.8. The van der Waals surface area contributed by atoms with E-state index in [-0.39, 0.29) is 24.0 Å². The van der Waals surface area contributed by atoms with Crippen molar-refractivity contribution < 1.29 is 4.74 Å². The fraction of sp³-hybridized carbons (Fsp3) is 0.500. The Labute approximate surface area is 153 Å². The molecular weight excluding hydrogens is 424 g/mol. The minimum atomic E-state index is 0. The second-order valence-electron chi connectivity index (χ2n) is 4.50. The van der Waals surface area contributed by atoms with Crippen molar-refractivity contribution in [2.45, 2.75) is 32.7 Å². The van der Waals surface area contributed by atoms with Gasteiger partial charge in [0, 0.05) is 24.0 Å². The van der Waals surface area contributed by atoms with Crippen molar-refractivity contribution >= 4 is 53.1 Å². The van der Waals surface area contributed by atoms with Gasteiger partial charge < -0.3 is 15.8 Å². The first-order valence-corrected chi connectivity index (χ1v) is 7.42. The van der Waals surface area contributed by atoms with Crippen LogP contribution in [-0.2, 0) is 0 Å². The number of hydrogen-bond acceptors (Lipinski definition) is 2. The molecule has 1 unspecified atom stereocenters. The Hall–Kier alpha value is -0.400. The summed E-state index contributed by atoms with van der Waals surface area (Å²) in [4.78, 5) is 4.23. The summed E-state index contributed by atoms with van der Waals surface area (Å²) < 4.78 is 5.55. The van der Waals surface area contributed by atoms with Crippen LogP contribution in [0.15, 0.2) is 23.2 Å². The predicted octanol–water partition coefficient (Wildman–Crippen LogP) is 4.08. The molecule has 0 heterocycles. The minimum absolute atomic E-state index is 0. The van der Waals surface area contributed by atoms with Crippen molar-refractivity contribution in [1.82, 2.24) is 5.32 Å². The van der Waals surface area contributed by atoms with Gasteiger partial charge in [0.15, 0.2) is 5.96 Å². The third-order valence-corrected chi connectivity index (χ3v) is 3.27. The predicted molar refractivity (Wildman–Crippen MR) is 101 cm³/mol. The van der Waals surface area contributed by atoms with Crippen LogP contribution in [0.3, 0.4) is 0 Å². The standard InChI is InChI=1S/C14H21Cl2N3O.HI/c1-3-10(2)19-14(17)18-7-4-8-20-13-6-5-11(15)9-12(13)16;/h5-6,9-10H,3-4,7-8H2,1-2H3,(H3,17,18,19);1H. The quantitative estimate of drug-likeness (QED) is 0.287. The number of nitrogens with one attached hydrogen (secondary N) is 1. The third-order valence-electron chi connectivity index (χ3n) is 2.74. The number of ether oxygens (including phenoxy) is 1. The van der Waals surface area contributed by atoms with Crippen molar-refractivity contribution in [3.8, 4) is 5.75 Å². The summed E-state index contributed by atoms with van der Waals surface area (Å²) in [6.07, 6.45) is 1.77. The van der Waals surface area contributed by atoms with Crippen LogP contribution in [-0.4, -0.2) is 25.2 Å². The van der Waals surface area contributed by atoms with Crippen LogP contribution in [0.1, 0.15) is 26.7 Å². The van der Waals surface area contributed by atoms with E-state index in [1.54, 1.807) is 18.2 Å². The van der Waals surface area contributed by atoms with E-state index in [0.717, 1.165) is 12.8 Å². The van der Waals surface area contributed by atoms with Crippen molar-refractivity contribution in [3.63, 3.8) is 0 Å². The van der Waals surface area contributed by atoms with Gasteiger partial charge in [0.05, 0.1) is 11.6 Å². The first-order chi connectivity index (χ1) is 9.52. The Bertz CT molecular complexity index is 458. The highest BCUT2D eigenvalue weighted by Gasteiger charge is 2.02. The minimum Gasteiger partial charge on any atom is -0.492 e. The van der Waals surface area contributed by atoms with Crippen LogP contribution in [0.2, 0.25) is 10.0 Å². The van der Waals surface area contributed by atoms with Gasteiger partial charge in [-0.1, -0.05) is 30.1 Å². The summed E-state index contributed by atoms with van der Waals surface area (Å²) in [6, 6.07) is 5.50. The van der Waals surface area contributed by atoms with Crippen molar-refractivity contribution in [1.29, 1.82) is 0 Å². The third kappa shape index (κ3) is 8.58. The van der Waals surface area contributed by atoms with Gasteiger partial charge in [0.1, 0.15) is 5.75 Å². The van der Waals surface area contributed by atoms with Gasteiger partial charge in [0.25, 0.3) is 0 Å². The smallest absolute Gasteiger partial charge is 0.188 e. The average molecular weight is 446 g/mol. The van der Waals surface area contributed by atoms with E-state index >= 15 is 0 Å². The maximum absolute atomic E-state index is 6.00. The second-order valence-corrected chi connectivity index (χ2v) is 5.34. The molecule has 0 saturated heterocycles. The molecule has 0 saturated carbocycles. The monoisotopic (exact) mass is 445 g/mol. The highest BCUT2D eigenvalue weighted by atomic mass is 127. The highest BCUT2D eigenvalue weighted by molar-refractivity contribution is 14.0. The van der Waals surface area contributed by atoms with Crippen molar-refractivity contribution in [2.24, 2.45) is 10.7 Å². The zero-order valence-electron chi connectivity index (χ0n) is 12.2. The lowest BCUT2D eigenvalue weighted by molar-refractivity contribution is 0.313. The van der Waals surface area contributed by atoms with Gasteiger partial charge in [-0.05, 0) is 31.5 Å². The van der Waals surface area contributed by atoms with Gasteiger partial charge in [-0.2, -0.15) is 0 Å². The van der Waals surface area contributed by atoms with E-state index in [1.807, 2.05) is 0 Å². The van der Waals surface area contributed by atoms with E-state index in [4.69, 9.17) is 33.7 Å². The number of hydrogen-bond donors (Lipinski definition) is 2. The molecule has 4 nitrogen and oxygen atoms in total. The molecule has 0 bridgehead atoms. The molecule has 0 radical (unpaired) electrons. The molecule has 0 aromatic heterocycles. The summed E-state index contributed by atoms with van der Waals surface area (Å²) in [7, 11) is 0. The lowest BCUT2D eigenvalue weighted by Gasteiger charge is -2.11. The number of nitrogens with zero attached hydrogens (tertiary/aromatic N) is 1. The SMILES string of the molecule is CCC(C)NC(N)=NCCCOc1ccc(Cl)cc1Cl.I. The molecule has 0 aliphatic carbocycles. The molecule has 120 valence electrons. The maximum Gasteiger partial charge on any atom is 0.188 e. The van der Waals surface area contributed by atoms with Crippen LogP contribution in [0, 0.1) is 0 Å². The molecule has 0 amide bonds. The number of guanidine groups is 1. The molecule has 0 spiro atoms. The molecule has 7 heteroatoms. The highest BCUT2D eigenvalue weighted by Crippen LogP contribution is 2.27. The Morgan fingerprint density at radius 2 is 2.14 bits per heavy atom. The Morgan fingerprint density at radius 1 is 1.43 bits per heavy atom. The van der Waals surface area contributed by atoms with Gasteiger partial charge >= 0.3 is 0 Å². The Balaban J connectivity index is 0.00000400. The van der Waals surface area contributed by atoms with Gasteiger partial charge in [0.2, 0.25) is 0 Å². The van der Waals surface area contributed by atoms with Crippen LogP contribution in [0.25, 0.3) is 0 Å². The summed E-state index contributed by atoms with van der Waals surface area (Å²) in [5.74, 6) is 1.11. The number of benzene rings is 1. The molecule has 3 N–H and O–H groups in total. The van der Waals surface area contributed by atoms with Crippen molar-refractivity contribution in [2.75, 3.05) is 13.2 Å². The molecule has 1 atom stereocenters. The largest absolute Gasteiger partial charge is 0.492 e. The summed E-state index contributed by atoms with van der Waals surface area (Å²) in [5.41, 5.74) is 5.75. The molecule has 1 rings (SSSR count). The van der Waals surface area contributed by atoms with Crippen LogP contribution >= 0.6 is 47.2 Å². The van der Waals surface area contributed by atoms with Crippen molar-refractivity contribution in [3.05, 3.63) is 28.2 Å². The number of rotatable bonds is 7. The Kier molecular flexibility index (Phi) is 11.0. The molecule has 21 heavy (non-hydrogen) atoms. The Morgan fingerprint density at radius 3 is 2.76 bits per heavy atom. The van der Waals surface area contributed by atoms with E-state index in [0.29, 0.717) is 40.9 Å². The van der Waals surface area contributed by atoms with Crippen LogP contribution < -0.4 is 15.8 Å². The normalized spacial score (nSPS) is 12.5. The number of nitrogens with two attached hydrogens (primary N) is 1. The van der Waals surface area contributed by atoms with Gasteiger partial charge in [-0.15, -0.1) is 24.0 Å². The van der Waals surface area contributed by atoms with E-state index in [2.05, 4.69) is 24.2 Å². The molecule has 1 aromatic carbocycles. The summed E-state index contributed by atoms with van der Waals surface area (Å²) in [5, 5.41) is 4.21. The zero-order chi connectivity index (χ0) is 15.0. The molecular formula is C14H22Cl2IN3O. The van der Waals surface area contributed by atoms with Crippen LogP contribution in [0.5, 0.6) is 5.75 Å². The molecule has 0 aliphatic heterocycles. The van der Waals surface area contributed by atoms with E-state index in [9.17, 15) is 0 Å². The lowest BCUT2D eigenvalue weighted by atomic mass is 10.3. The lowest BCUT2D eigenvalue weighted by Crippen LogP contribution is -2.38. The van der Waals surface area contributed by atoms with E-state index < -0.39 is 0 Å². The topological polar surface area (TPSA) is 59.6 Å². The maximum atomic E-state index is 6.00. The number of aliphatic imine (C=N–C) groups is 1. The van der Waals surface area contributed by atoms with Crippen LogP contribution in [0.4, 0.5) is 0 Å². The first-order valence-electron chi connectivity index (χ1n) is 6.67. The summed E-state index contributed by atoms with van der Waals surface area (Å²) in [6.45, 7) is 5.30. The zero-order valence-corrected chi connectivity index (χ0v) is 16.1.